The second-order valence-electron chi connectivity index (χ2n) is 8.21. The number of rotatable bonds is 9. The zero-order valence-corrected chi connectivity index (χ0v) is 22.6. The number of hydrogen-bond donors (Lipinski definition) is 2. The van der Waals surface area contributed by atoms with Crippen molar-refractivity contribution in [3.8, 4) is 0 Å². The number of hydrogen-bond acceptors (Lipinski definition) is 4. The van der Waals surface area contributed by atoms with E-state index in [4.69, 9.17) is 23.2 Å². The van der Waals surface area contributed by atoms with Gasteiger partial charge in [0.1, 0.15) is 11.5 Å². The summed E-state index contributed by atoms with van der Waals surface area (Å²) in [4.78, 5) is 39.2. The fraction of sp³-hybridized carbons (Fsp3) is 0.0333. The number of carbonyl (C=O) groups excluding carboxylic acids is 3. The van der Waals surface area contributed by atoms with E-state index in [1.54, 1.807) is 72.8 Å². The van der Waals surface area contributed by atoms with Crippen molar-refractivity contribution in [3.05, 3.63) is 135 Å². The first-order valence-corrected chi connectivity index (χ1v) is 13.4. The molecule has 0 atom stereocenters. The van der Waals surface area contributed by atoms with Crippen molar-refractivity contribution in [2.24, 2.45) is 0 Å². The first-order chi connectivity index (χ1) is 18.8. The Labute approximate surface area is 239 Å². The van der Waals surface area contributed by atoms with Crippen molar-refractivity contribution in [2.45, 2.75) is 4.90 Å². The van der Waals surface area contributed by atoms with E-state index in [9.17, 15) is 18.8 Å². The zero-order valence-electron chi connectivity index (χ0n) is 20.3. The molecule has 0 aliphatic carbocycles. The molecule has 4 aromatic carbocycles. The molecule has 0 aliphatic rings. The number of thioether (sulfide) groups is 1. The molecule has 0 heterocycles. The van der Waals surface area contributed by atoms with Gasteiger partial charge in [0, 0.05) is 37.3 Å². The minimum Gasteiger partial charge on any atom is -0.321 e. The van der Waals surface area contributed by atoms with Crippen LogP contribution in [0.1, 0.15) is 26.3 Å². The molecular formula is C30H21Cl2FN2O3S. The maximum absolute atomic E-state index is 13.2. The molecule has 9 heteroatoms. The van der Waals surface area contributed by atoms with Gasteiger partial charge in [0.25, 0.3) is 11.8 Å². The molecule has 4 rings (SSSR count). The minimum atomic E-state index is -0.581. The van der Waals surface area contributed by atoms with Gasteiger partial charge in [-0.15, -0.1) is 11.8 Å². The highest BCUT2D eigenvalue weighted by Gasteiger charge is 2.17. The predicted octanol–water partition coefficient (Wildman–Crippen LogP) is 7.52. The Hall–Kier alpha value is -3.91. The Morgan fingerprint density at radius 3 is 2.05 bits per heavy atom. The number of carbonyl (C=O) groups is 3. The fourth-order valence-corrected chi connectivity index (χ4v) is 4.74. The van der Waals surface area contributed by atoms with Crippen LogP contribution in [0.15, 0.2) is 108 Å². The monoisotopic (exact) mass is 578 g/mol. The van der Waals surface area contributed by atoms with Crippen LogP contribution >= 0.6 is 35.0 Å². The molecule has 196 valence electrons. The van der Waals surface area contributed by atoms with Gasteiger partial charge in [-0.2, -0.15) is 0 Å². The highest BCUT2D eigenvalue weighted by molar-refractivity contribution is 8.00. The molecule has 2 N–H and O–H groups in total. The van der Waals surface area contributed by atoms with Crippen LogP contribution in [0.4, 0.5) is 10.1 Å². The summed E-state index contributed by atoms with van der Waals surface area (Å²) in [6, 6.07) is 25.7. The number of benzene rings is 4. The van der Waals surface area contributed by atoms with Crippen LogP contribution in [0.25, 0.3) is 6.08 Å². The second kappa shape index (κ2) is 13.2. The van der Waals surface area contributed by atoms with Crippen LogP contribution in [0.5, 0.6) is 0 Å². The normalized spacial score (nSPS) is 11.1. The van der Waals surface area contributed by atoms with Gasteiger partial charge in [0.15, 0.2) is 5.78 Å². The van der Waals surface area contributed by atoms with E-state index in [-0.39, 0.29) is 17.2 Å². The predicted molar refractivity (Wildman–Crippen MR) is 155 cm³/mol. The lowest BCUT2D eigenvalue weighted by Crippen LogP contribution is -2.30. The summed E-state index contributed by atoms with van der Waals surface area (Å²) in [6.45, 7) is 0. The molecule has 0 saturated heterocycles. The summed E-state index contributed by atoms with van der Waals surface area (Å²) < 4.78 is 13.1. The van der Waals surface area contributed by atoms with Crippen molar-refractivity contribution >= 4 is 64.3 Å². The number of Topliss-reactive ketones (excluding diaryl/α,β-unsaturated/α-hetero) is 1. The molecule has 2 amide bonds. The standard InChI is InChI=1S/C30H21Cl2FN2O3S/c31-25-7-4-8-26(32)24(25)17-27(35-29(37)20-5-2-1-3-6-20)30(38)34-22-13-15-23(16-14-22)39-18-28(36)19-9-11-21(33)12-10-19/h1-17H,18H2,(H,34,38)(H,35,37)/b27-17-. The van der Waals surface area contributed by atoms with E-state index in [1.807, 2.05) is 0 Å². The average Bonchev–Trinajstić information content (AvgIpc) is 2.94. The zero-order chi connectivity index (χ0) is 27.8. The van der Waals surface area contributed by atoms with E-state index in [0.29, 0.717) is 32.4 Å². The van der Waals surface area contributed by atoms with Gasteiger partial charge < -0.3 is 10.6 Å². The second-order valence-corrected chi connectivity index (χ2v) is 10.1. The summed E-state index contributed by atoms with van der Waals surface area (Å²) >= 11 is 13.9. The SMILES string of the molecule is O=C(Nc1ccc(SCC(=O)c2ccc(F)cc2)cc1)/C(=C/c1c(Cl)cccc1Cl)NC(=O)c1ccccc1. The Balaban J connectivity index is 1.47. The molecule has 0 unspecified atom stereocenters. The Kier molecular flexibility index (Phi) is 9.54. The third-order valence-corrected chi connectivity index (χ3v) is 7.14. The fourth-order valence-electron chi connectivity index (χ4n) is 3.44. The van der Waals surface area contributed by atoms with Crippen LogP contribution in [-0.4, -0.2) is 23.4 Å². The third-order valence-electron chi connectivity index (χ3n) is 5.47. The maximum Gasteiger partial charge on any atom is 0.272 e. The number of anilines is 1. The van der Waals surface area contributed by atoms with E-state index in [1.165, 1.54) is 42.1 Å². The smallest absolute Gasteiger partial charge is 0.272 e. The van der Waals surface area contributed by atoms with E-state index < -0.39 is 17.6 Å². The average molecular weight is 579 g/mol. The van der Waals surface area contributed by atoms with Crippen LogP contribution < -0.4 is 10.6 Å². The van der Waals surface area contributed by atoms with Gasteiger partial charge in [-0.1, -0.05) is 47.5 Å². The molecule has 0 spiro atoms. The summed E-state index contributed by atoms with van der Waals surface area (Å²) in [5.41, 5.74) is 1.61. The van der Waals surface area contributed by atoms with Gasteiger partial charge in [0.2, 0.25) is 0 Å². The largest absolute Gasteiger partial charge is 0.321 e. The van der Waals surface area contributed by atoms with Crippen LogP contribution in [0.2, 0.25) is 10.0 Å². The summed E-state index contributed by atoms with van der Waals surface area (Å²) in [7, 11) is 0. The molecule has 0 radical (unpaired) electrons. The highest BCUT2D eigenvalue weighted by atomic mass is 35.5. The van der Waals surface area contributed by atoms with E-state index in [0.717, 1.165) is 4.90 Å². The Morgan fingerprint density at radius 1 is 0.769 bits per heavy atom. The first-order valence-electron chi connectivity index (χ1n) is 11.7. The summed E-state index contributed by atoms with van der Waals surface area (Å²) in [5.74, 6) is -1.40. The number of nitrogens with one attached hydrogen (secondary N) is 2. The lowest BCUT2D eigenvalue weighted by molar-refractivity contribution is -0.113. The molecule has 0 aliphatic heterocycles. The molecule has 5 nitrogen and oxygen atoms in total. The van der Waals surface area contributed by atoms with Crippen LogP contribution in [0.3, 0.4) is 0 Å². The lowest BCUT2D eigenvalue weighted by Gasteiger charge is -2.13. The van der Waals surface area contributed by atoms with E-state index >= 15 is 0 Å². The third kappa shape index (κ3) is 7.80. The molecule has 4 aromatic rings. The number of halogens is 3. The van der Waals surface area contributed by atoms with Gasteiger partial charge in [-0.25, -0.2) is 4.39 Å². The topological polar surface area (TPSA) is 75.3 Å². The highest BCUT2D eigenvalue weighted by Crippen LogP contribution is 2.27. The Bertz CT molecular complexity index is 1510. The molecule has 39 heavy (non-hydrogen) atoms. The summed E-state index contributed by atoms with van der Waals surface area (Å²) in [5, 5.41) is 6.04. The minimum absolute atomic E-state index is 0.0535. The first kappa shape index (κ1) is 28.1. The lowest BCUT2D eigenvalue weighted by atomic mass is 10.1. The van der Waals surface area contributed by atoms with Gasteiger partial charge in [0.05, 0.1) is 5.75 Å². The van der Waals surface area contributed by atoms with Crippen molar-refractivity contribution in [1.82, 2.24) is 5.32 Å². The molecule has 0 aromatic heterocycles. The number of ketones is 1. The van der Waals surface area contributed by atoms with Gasteiger partial charge in [-0.05, 0) is 78.9 Å². The quantitative estimate of drug-likeness (QED) is 0.122. The number of amides is 2. The molecule has 0 bridgehead atoms. The molecule has 0 fully saturated rings. The van der Waals surface area contributed by atoms with Gasteiger partial charge in [-0.3, -0.25) is 14.4 Å². The Morgan fingerprint density at radius 2 is 1.41 bits per heavy atom. The van der Waals surface area contributed by atoms with Crippen molar-refractivity contribution in [1.29, 1.82) is 0 Å². The van der Waals surface area contributed by atoms with Crippen LogP contribution in [-0.2, 0) is 4.79 Å². The maximum atomic E-state index is 13.2. The van der Waals surface area contributed by atoms with Crippen molar-refractivity contribution in [2.75, 3.05) is 11.1 Å². The van der Waals surface area contributed by atoms with Crippen LogP contribution in [0, 0.1) is 5.82 Å². The summed E-state index contributed by atoms with van der Waals surface area (Å²) in [6.07, 6.45) is 1.42. The van der Waals surface area contributed by atoms with Crippen molar-refractivity contribution < 1.29 is 18.8 Å². The molecular weight excluding hydrogens is 558 g/mol. The molecule has 0 saturated carbocycles. The van der Waals surface area contributed by atoms with E-state index in [2.05, 4.69) is 10.6 Å². The van der Waals surface area contributed by atoms with Crippen molar-refractivity contribution in [3.63, 3.8) is 0 Å². The van der Waals surface area contributed by atoms with Gasteiger partial charge >= 0.3 is 0 Å².